The van der Waals surface area contributed by atoms with Crippen molar-refractivity contribution in [2.75, 3.05) is 13.2 Å². The van der Waals surface area contributed by atoms with E-state index < -0.39 is 0 Å². The molecule has 2 aromatic rings. The first-order chi connectivity index (χ1) is 10.2. The lowest BCUT2D eigenvalue weighted by Gasteiger charge is -2.05. The Balaban J connectivity index is 2.53. The molecular formula is C13H15IN3O3P. The maximum atomic E-state index is 12.1. The van der Waals surface area contributed by atoms with Crippen LogP contribution in [0.2, 0.25) is 0 Å². The zero-order chi connectivity index (χ0) is 15.2. The van der Waals surface area contributed by atoms with Crippen LogP contribution in [0.4, 0.5) is 0 Å². The molecule has 0 fully saturated rings. The predicted molar refractivity (Wildman–Crippen MR) is 91.9 cm³/mol. The Kier molecular flexibility index (Phi) is 5.93. The SMILES string of the molecule is CCO/C=C/c1cc(C(=O)OCC)c2cnn(PI)c2n1. The average Bonchev–Trinajstić information content (AvgIpc) is 2.90. The van der Waals surface area contributed by atoms with E-state index >= 15 is 0 Å². The van der Waals surface area contributed by atoms with E-state index in [4.69, 9.17) is 9.47 Å². The van der Waals surface area contributed by atoms with E-state index in [9.17, 15) is 4.79 Å². The van der Waals surface area contributed by atoms with Crippen LogP contribution in [0.5, 0.6) is 0 Å². The molecular weight excluding hydrogens is 404 g/mol. The summed E-state index contributed by atoms with van der Waals surface area (Å²) in [7, 11) is 0. The van der Waals surface area contributed by atoms with Gasteiger partial charge in [-0.2, -0.15) is 5.10 Å². The van der Waals surface area contributed by atoms with Crippen molar-refractivity contribution in [3.63, 3.8) is 0 Å². The maximum Gasteiger partial charge on any atom is 0.339 e. The van der Waals surface area contributed by atoms with E-state index in [0.29, 0.717) is 41.9 Å². The van der Waals surface area contributed by atoms with Gasteiger partial charge in [-0.1, -0.05) is 0 Å². The molecule has 0 saturated heterocycles. The number of halogens is 1. The second-order valence-corrected chi connectivity index (χ2v) is 5.99. The fourth-order valence-electron chi connectivity index (χ4n) is 1.76. The van der Waals surface area contributed by atoms with Crippen LogP contribution in [0.15, 0.2) is 18.5 Å². The first-order valence-corrected chi connectivity index (χ1v) is 10.5. The molecule has 0 spiro atoms. The summed E-state index contributed by atoms with van der Waals surface area (Å²) in [6, 6.07) is 1.69. The van der Waals surface area contributed by atoms with Gasteiger partial charge in [0.15, 0.2) is 5.65 Å². The fraction of sp³-hybridized carbons (Fsp3) is 0.308. The molecule has 0 N–H and O–H groups in total. The molecule has 2 heterocycles. The molecule has 0 amide bonds. The average molecular weight is 419 g/mol. The minimum absolute atomic E-state index is 0.328. The summed E-state index contributed by atoms with van der Waals surface area (Å²) in [4.78, 5) is 16.6. The quantitative estimate of drug-likeness (QED) is 0.311. The van der Waals surface area contributed by atoms with Gasteiger partial charge >= 0.3 is 5.97 Å². The second-order valence-electron chi connectivity index (χ2n) is 3.95. The van der Waals surface area contributed by atoms with E-state index in [1.165, 1.54) is 0 Å². The topological polar surface area (TPSA) is 66.2 Å². The molecule has 1 atom stereocenters. The van der Waals surface area contributed by atoms with Crippen LogP contribution in [0.1, 0.15) is 29.9 Å². The number of hydrogen-bond acceptors (Lipinski definition) is 5. The summed E-state index contributed by atoms with van der Waals surface area (Å²) < 4.78 is 12.0. The van der Waals surface area contributed by atoms with Crippen molar-refractivity contribution in [2.45, 2.75) is 13.8 Å². The van der Waals surface area contributed by atoms with Gasteiger partial charge in [-0.05, 0) is 48.0 Å². The Morgan fingerprint density at radius 2 is 2.29 bits per heavy atom. The third kappa shape index (κ3) is 3.71. The van der Waals surface area contributed by atoms with Crippen molar-refractivity contribution >= 4 is 51.5 Å². The molecule has 0 bridgehead atoms. The standard InChI is InChI=1S/C13H15IN3O3P/c1-3-19-6-5-9-7-10(13(18)20-4-2)11-8-15-17(21-14)12(11)16-9/h5-8,21H,3-4H2,1-2H3/b6-5+. The number of fused-ring (bicyclic) bond motifs is 1. The van der Waals surface area contributed by atoms with Crippen molar-refractivity contribution in [2.24, 2.45) is 0 Å². The lowest BCUT2D eigenvalue weighted by Crippen LogP contribution is -2.06. The fourth-order valence-corrected chi connectivity index (χ4v) is 3.17. The van der Waals surface area contributed by atoms with Gasteiger partial charge < -0.3 is 9.47 Å². The van der Waals surface area contributed by atoms with Crippen molar-refractivity contribution in [3.05, 3.63) is 29.8 Å². The lowest BCUT2D eigenvalue weighted by molar-refractivity contribution is 0.0528. The molecule has 0 aromatic carbocycles. The van der Waals surface area contributed by atoms with E-state index in [1.54, 1.807) is 36.0 Å². The van der Waals surface area contributed by atoms with Crippen molar-refractivity contribution in [3.8, 4) is 0 Å². The number of ether oxygens (including phenoxy) is 2. The smallest absolute Gasteiger partial charge is 0.339 e. The number of esters is 1. The Hall–Kier alpha value is -1.21. The second kappa shape index (κ2) is 7.70. The third-order valence-corrected chi connectivity index (χ3v) is 4.50. The summed E-state index contributed by atoms with van der Waals surface area (Å²) in [6.45, 7) is 4.59. The van der Waals surface area contributed by atoms with Gasteiger partial charge in [0.25, 0.3) is 0 Å². The largest absolute Gasteiger partial charge is 0.501 e. The van der Waals surface area contributed by atoms with E-state index in [1.807, 2.05) is 6.92 Å². The molecule has 2 rings (SSSR count). The molecule has 112 valence electrons. The number of carbonyl (C=O) groups is 1. The van der Waals surface area contributed by atoms with Gasteiger partial charge in [-0.3, -0.25) is 0 Å². The molecule has 6 nitrogen and oxygen atoms in total. The predicted octanol–water partition coefficient (Wildman–Crippen LogP) is 3.41. The first-order valence-electron chi connectivity index (χ1n) is 6.42. The summed E-state index contributed by atoms with van der Waals surface area (Å²) in [5.74, 6) is -0.368. The van der Waals surface area contributed by atoms with Crippen LogP contribution in [-0.2, 0) is 9.47 Å². The molecule has 21 heavy (non-hydrogen) atoms. The molecule has 0 radical (unpaired) electrons. The van der Waals surface area contributed by atoms with Crippen LogP contribution in [0.25, 0.3) is 17.1 Å². The minimum atomic E-state index is -0.368. The number of aromatic nitrogens is 3. The number of pyridine rings is 1. The van der Waals surface area contributed by atoms with Gasteiger partial charge in [0.1, 0.15) is 0 Å². The zero-order valence-corrected chi connectivity index (χ0v) is 14.8. The normalized spacial score (nSPS) is 11.8. The van der Waals surface area contributed by atoms with Crippen LogP contribution in [0.3, 0.4) is 0 Å². The third-order valence-electron chi connectivity index (χ3n) is 2.64. The summed E-state index contributed by atoms with van der Waals surface area (Å²) in [5.41, 5.74) is 1.78. The van der Waals surface area contributed by atoms with Gasteiger partial charge in [-0.25, -0.2) is 14.2 Å². The van der Waals surface area contributed by atoms with Crippen LogP contribution >= 0.6 is 28.4 Å². The van der Waals surface area contributed by atoms with Crippen molar-refractivity contribution in [1.82, 2.24) is 14.5 Å². The summed E-state index contributed by atoms with van der Waals surface area (Å²) in [6.07, 6.45) is 5.34. The molecule has 0 aliphatic heterocycles. The van der Waals surface area contributed by atoms with E-state index in [-0.39, 0.29) is 5.97 Å². The highest BCUT2D eigenvalue weighted by Gasteiger charge is 2.16. The molecule has 2 aromatic heterocycles. The monoisotopic (exact) mass is 419 g/mol. The molecule has 0 aliphatic carbocycles. The number of rotatable bonds is 6. The van der Waals surface area contributed by atoms with Crippen LogP contribution in [-0.4, -0.2) is 33.7 Å². The zero-order valence-electron chi connectivity index (χ0n) is 11.7. The Morgan fingerprint density at radius 1 is 1.48 bits per heavy atom. The first kappa shape index (κ1) is 16.2. The van der Waals surface area contributed by atoms with Crippen LogP contribution < -0.4 is 0 Å². The maximum absolute atomic E-state index is 12.1. The minimum Gasteiger partial charge on any atom is -0.501 e. The van der Waals surface area contributed by atoms with Gasteiger partial charge in [0, 0.05) is 0 Å². The number of carbonyl (C=O) groups excluding carboxylic acids is 1. The molecule has 1 unspecified atom stereocenters. The summed E-state index contributed by atoms with van der Waals surface area (Å²) in [5, 5.41) is 4.95. The van der Waals surface area contributed by atoms with E-state index in [2.05, 4.69) is 32.1 Å². The number of nitrogens with zero attached hydrogens (tertiary/aromatic N) is 3. The Bertz CT molecular complexity index is 672. The van der Waals surface area contributed by atoms with Gasteiger partial charge in [-0.15, -0.1) is 0 Å². The Morgan fingerprint density at radius 3 is 2.95 bits per heavy atom. The number of hydrogen-bond donors (Lipinski definition) is 0. The highest BCUT2D eigenvalue weighted by atomic mass is 127. The lowest BCUT2D eigenvalue weighted by atomic mass is 10.1. The van der Waals surface area contributed by atoms with Crippen LogP contribution in [0, 0.1) is 0 Å². The Labute approximate surface area is 137 Å². The van der Waals surface area contributed by atoms with Crippen molar-refractivity contribution in [1.29, 1.82) is 0 Å². The highest BCUT2D eigenvalue weighted by Crippen LogP contribution is 2.29. The molecule has 8 heteroatoms. The molecule has 0 aliphatic rings. The van der Waals surface area contributed by atoms with Gasteiger partial charge in [0.05, 0.1) is 48.7 Å². The van der Waals surface area contributed by atoms with Gasteiger partial charge in [0.2, 0.25) is 0 Å². The van der Waals surface area contributed by atoms with E-state index in [0.717, 1.165) is 0 Å². The highest BCUT2D eigenvalue weighted by molar-refractivity contribution is 14.2. The van der Waals surface area contributed by atoms with Crippen molar-refractivity contribution < 1.29 is 14.3 Å². The summed E-state index contributed by atoms with van der Waals surface area (Å²) >= 11 is 2.22. The molecule has 0 saturated carbocycles.